The monoisotopic (exact) mass is 189 g/mol. The highest BCUT2D eigenvalue weighted by molar-refractivity contribution is 5.67. The van der Waals surface area contributed by atoms with E-state index in [9.17, 15) is 9.70 Å². The number of quaternary nitrogens is 1. The second-order valence-corrected chi connectivity index (χ2v) is 3.04. The van der Waals surface area contributed by atoms with Gasteiger partial charge in [0.2, 0.25) is 0 Å². The fourth-order valence-electron chi connectivity index (χ4n) is 1.42. The van der Waals surface area contributed by atoms with E-state index in [1.54, 1.807) is 0 Å². The molecule has 1 aliphatic rings. The number of nitrogens with zero attached hydrogens (tertiary/aromatic N) is 3. The number of nitroso groups, excluding NO2 is 1. The molecular weight excluding hydrogens is 176 g/mol. The average Bonchev–Trinajstić information content (AvgIpc) is 2.17. The van der Waals surface area contributed by atoms with E-state index in [1.807, 2.05) is 0 Å². The third-order valence-corrected chi connectivity index (χ3v) is 2.25. The molecule has 0 unspecified atom stereocenters. The zero-order chi connectivity index (χ0) is 9.84. The summed E-state index contributed by atoms with van der Waals surface area (Å²) in [6.45, 7) is 0.905. The lowest BCUT2D eigenvalue weighted by atomic mass is 9.97. The van der Waals surface area contributed by atoms with Gasteiger partial charge < -0.3 is 0 Å². The van der Waals surface area contributed by atoms with Gasteiger partial charge >= 0.3 is 5.91 Å². The number of hydrogen-bond donors (Lipinski definition) is 2. The summed E-state index contributed by atoms with van der Waals surface area (Å²) in [5.41, 5.74) is 3.33. The molecule has 13 heavy (non-hydrogen) atoms. The molecule has 0 aliphatic carbocycles. The van der Waals surface area contributed by atoms with Gasteiger partial charge in [0, 0.05) is 13.1 Å². The van der Waals surface area contributed by atoms with Gasteiger partial charge in [-0.3, -0.25) is 10.9 Å². The van der Waals surface area contributed by atoms with Crippen LogP contribution in [-0.2, 0) is 4.79 Å². The van der Waals surface area contributed by atoms with Crippen molar-refractivity contribution >= 4 is 5.91 Å². The van der Waals surface area contributed by atoms with Crippen molar-refractivity contribution in [1.82, 2.24) is 10.3 Å². The van der Waals surface area contributed by atoms with Gasteiger partial charge in [0.1, 0.15) is 0 Å². The van der Waals surface area contributed by atoms with Gasteiger partial charge in [-0.25, -0.2) is 4.79 Å². The number of hydrogen-bond acceptors (Lipinski definition) is 5. The molecule has 4 N–H and O–H groups in total. The molecule has 0 atom stereocenters. The minimum absolute atomic E-state index is 0.0451. The first-order chi connectivity index (χ1) is 6.15. The highest BCUT2D eigenvalue weighted by Gasteiger charge is 2.27. The molecule has 1 amide bonds. The quantitative estimate of drug-likeness (QED) is 0.427. The molecule has 0 bridgehead atoms. The van der Waals surface area contributed by atoms with Crippen LogP contribution >= 0.6 is 0 Å². The van der Waals surface area contributed by atoms with Crippen LogP contribution in [-0.4, -0.2) is 34.5 Å². The molecule has 0 saturated carbocycles. The van der Waals surface area contributed by atoms with Crippen LogP contribution in [0.3, 0.4) is 0 Å². The molecule has 7 nitrogen and oxygen atoms in total. The minimum atomic E-state index is -0.0804. The molecule has 74 valence electrons. The van der Waals surface area contributed by atoms with E-state index in [4.69, 9.17) is 5.21 Å². The summed E-state index contributed by atoms with van der Waals surface area (Å²) in [7, 11) is 0. The number of carbonyl (C=O) groups excluding carboxylic acids is 1. The first-order valence-corrected chi connectivity index (χ1v) is 4.08. The summed E-state index contributed by atoms with van der Waals surface area (Å²) in [5, 5.41) is 12.9. The van der Waals surface area contributed by atoms with Crippen LogP contribution < -0.4 is 5.73 Å². The van der Waals surface area contributed by atoms with E-state index in [0.29, 0.717) is 25.9 Å². The van der Waals surface area contributed by atoms with Crippen molar-refractivity contribution in [2.75, 3.05) is 13.1 Å². The Morgan fingerprint density at radius 1 is 1.54 bits per heavy atom. The van der Waals surface area contributed by atoms with Gasteiger partial charge in [0.15, 0.2) is 0 Å². The van der Waals surface area contributed by atoms with Crippen LogP contribution in [0, 0.1) is 10.8 Å². The summed E-state index contributed by atoms with van der Waals surface area (Å²) in [6.07, 6.45) is 1.21. The highest BCUT2D eigenvalue weighted by Crippen LogP contribution is 2.16. The Morgan fingerprint density at radius 3 is 2.46 bits per heavy atom. The van der Waals surface area contributed by atoms with Crippen LogP contribution in [0.1, 0.15) is 12.8 Å². The van der Waals surface area contributed by atoms with E-state index in [-0.39, 0.29) is 17.1 Å². The molecule has 1 fully saturated rings. The molecule has 1 heterocycles. The topological polar surface area (TPSA) is 101 Å². The zero-order valence-corrected chi connectivity index (χ0v) is 7.22. The van der Waals surface area contributed by atoms with Crippen LogP contribution in [0.5, 0.6) is 0 Å². The van der Waals surface area contributed by atoms with Crippen molar-refractivity contribution in [3.8, 4) is 0 Å². The lowest BCUT2D eigenvalue weighted by Crippen LogP contribution is -2.62. The fourth-order valence-corrected chi connectivity index (χ4v) is 1.42. The van der Waals surface area contributed by atoms with E-state index in [2.05, 4.69) is 11.0 Å². The lowest BCUT2D eigenvalue weighted by Gasteiger charge is -2.30. The van der Waals surface area contributed by atoms with Gasteiger partial charge in [-0.15, -0.1) is 4.91 Å². The standard InChI is InChI=1S/C6H12N4O3/c7-6(11)5-1-3-9(4-2-5)10(13)8-12/h5,13H,1-4H2,(H2,7,11)/p+1. The van der Waals surface area contributed by atoms with Gasteiger partial charge in [-0.2, -0.15) is 5.01 Å². The molecule has 1 saturated heterocycles. The van der Waals surface area contributed by atoms with Crippen molar-refractivity contribution in [2.24, 2.45) is 11.2 Å². The molecule has 0 aromatic heterocycles. The van der Waals surface area contributed by atoms with E-state index in [1.165, 1.54) is 5.01 Å². The van der Waals surface area contributed by atoms with Crippen molar-refractivity contribution < 1.29 is 15.7 Å². The Bertz CT molecular complexity index is 202. The van der Waals surface area contributed by atoms with Crippen molar-refractivity contribution in [3.05, 3.63) is 4.91 Å². The van der Waals surface area contributed by atoms with Crippen LogP contribution in [0.25, 0.3) is 0 Å². The summed E-state index contributed by atoms with van der Waals surface area (Å²) >= 11 is 0. The summed E-state index contributed by atoms with van der Waals surface area (Å²) < 4.78 is 0. The molecule has 0 radical (unpaired) electrons. The number of rotatable bonds is 3. The van der Waals surface area contributed by atoms with Gasteiger partial charge in [0.25, 0.3) is 0 Å². The first kappa shape index (κ1) is 10.0. The maximum Gasteiger partial charge on any atom is 0.311 e. The Balaban J connectivity index is 2.38. The summed E-state index contributed by atoms with van der Waals surface area (Å²) in [6, 6.07) is 0. The predicted molar refractivity (Wildman–Crippen MR) is 41.6 cm³/mol. The van der Waals surface area contributed by atoms with Crippen molar-refractivity contribution in [2.45, 2.75) is 12.8 Å². The summed E-state index contributed by atoms with van der Waals surface area (Å²) in [5.74, 6) is -0.125. The Hall–Kier alpha value is -1.05. The zero-order valence-electron chi connectivity index (χ0n) is 7.22. The third kappa shape index (κ3) is 2.44. The maximum absolute atomic E-state index is 10.9. The Kier molecular flexibility index (Phi) is 3.29. The second kappa shape index (κ2) is 4.26. The number of amides is 1. The van der Waals surface area contributed by atoms with E-state index in [0.717, 1.165) is 0 Å². The lowest BCUT2D eigenvalue weighted by molar-refractivity contribution is -0.315. The largest absolute Gasteiger partial charge is 0.311 e. The first-order valence-electron chi connectivity index (χ1n) is 4.08. The Morgan fingerprint density at radius 2 is 2.08 bits per heavy atom. The predicted octanol–water partition coefficient (Wildman–Crippen LogP) is -1.25. The second-order valence-electron chi connectivity index (χ2n) is 3.04. The fraction of sp³-hybridized carbons (Fsp3) is 0.833. The van der Waals surface area contributed by atoms with Crippen LogP contribution in [0.15, 0.2) is 5.29 Å². The summed E-state index contributed by atoms with van der Waals surface area (Å²) in [4.78, 5) is 20.8. The molecular formula is C6H13N4O3+. The van der Waals surface area contributed by atoms with Crippen molar-refractivity contribution in [1.29, 1.82) is 0 Å². The van der Waals surface area contributed by atoms with Gasteiger partial charge in [-0.05, 0) is 12.8 Å². The Labute approximate surface area is 75.0 Å². The molecule has 1 aliphatic heterocycles. The highest BCUT2D eigenvalue weighted by atomic mass is 16.6. The molecule has 1 rings (SSSR count). The van der Waals surface area contributed by atoms with Crippen LogP contribution in [0.4, 0.5) is 0 Å². The number of piperidine rings is 1. The third-order valence-electron chi connectivity index (χ3n) is 2.25. The van der Waals surface area contributed by atoms with Gasteiger partial charge in [-0.1, -0.05) is 5.28 Å². The van der Waals surface area contributed by atoms with E-state index >= 15 is 0 Å². The molecule has 0 aromatic carbocycles. The SMILES string of the molecule is [NH3+]C(=O)C1CCN(N(O)N=O)CC1. The molecule has 0 aromatic rings. The van der Waals surface area contributed by atoms with Crippen molar-refractivity contribution in [3.63, 3.8) is 0 Å². The number of carbonyl (C=O) groups is 1. The van der Waals surface area contributed by atoms with Gasteiger partial charge in [0.05, 0.1) is 11.2 Å². The minimum Gasteiger partial charge on any atom is -0.294 e. The van der Waals surface area contributed by atoms with E-state index < -0.39 is 0 Å². The normalized spacial score (nSPS) is 19.8. The molecule has 0 spiro atoms. The number of hydrazine groups is 1. The smallest absolute Gasteiger partial charge is 0.294 e. The maximum atomic E-state index is 10.9. The molecule has 7 heteroatoms. The van der Waals surface area contributed by atoms with Crippen LogP contribution in [0.2, 0.25) is 0 Å². The average molecular weight is 189 g/mol.